The van der Waals surface area contributed by atoms with E-state index < -0.39 is 0 Å². The lowest BCUT2D eigenvalue weighted by Gasteiger charge is -2.20. The third-order valence-corrected chi connectivity index (χ3v) is 3.21. The largest absolute Gasteiger partial charge is 0.366 e. The molecule has 2 aromatic heterocycles. The maximum Gasteiger partial charge on any atom is 0.137 e. The summed E-state index contributed by atoms with van der Waals surface area (Å²) in [5.41, 5.74) is -0.0756. The average Bonchev–Trinajstić information content (AvgIpc) is 2.79. The Labute approximate surface area is 128 Å². The summed E-state index contributed by atoms with van der Waals surface area (Å²) in [6, 6.07) is 2.15. The Balaban J connectivity index is 2.11. The van der Waals surface area contributed by atoms with Gasteiger partial charge in [-0.3, -0.25) is 0 Å². The van der Waals surface area contributed by atoms with Gasteiger partial charge in [0.25, 0.3) is 0 Å². The highest BCUT2D eigenvalue weighted by molar-refractivity contribution is 9.10. The molecule has 2 aromatic rings. The van der Waals surface area contributed by atoms with E-state index in [1.54, 1.807) is 6.20 Å². The van der Waals surface area contributed by atoms with Crippen molar-refractivity contribution in [3.8, 4) is 0 Å². The summed E-state index contributed by atoms with van der Waals surface area (Å²) in [5.74, 6) is 1.66. The van der Waals surface area contributed by atoms with Crippen LogP contribution >= 0.6 is 15.9 Å². The highest BCUT2D eigenvalue weighted by Crippen LogP contribution is 2.22. The molecule has 1 atom stereocenters. The molecule has 0 saturated carbocycles. The lowest BCUT2D eigenvalue weighted by Crippen LogP contribution is -2.23. The number of rotatable bonds is 4. The quantitative estimate of drug-likeness (QED) is 0.870. The minimum absolute atomic E-state index is 0.0756. The van der Waals surface area contributed by atoms with E-state index in [9.17, 15) is 0 Å². The van der Waals surface area contributed by atoms with Crippen molar-refractivity contribution in [3.05, 3.63) is 35.2 Å². The van der Waals surface area contributed by atoms with Crippen LogP contribution in [0.15, 0.2) is 29.4 Å². The van der Waals surface area contributed by atoms with Crippen LogP contribution in [0.2, 0.25) is 0 Å². The predicted octanol–water partition coefficient (Wildman–Crippen LogP) is 3.23. The molecule has 0 fully saturated rings. The van der Waals surface area contributed by atoms with E-state index in [1.165, 1.54) is 0 Å². The van der Waals surface area contributed by atoms with E-state index in [0.717, 1.165) is 22.8 Å². The van der Waals surface area contributed by atoms with Crippen molar-refractivity contribution in [2.45, 2.75) is 45.7 Å². The van der Waals surface area contributed by atoms with Gasteiger partial charge >= 0.3 is 0 Å². The highest BCUT2D eigenvalue weighted by Gasteiger charge is 2.19. The van der Waals surface area contributed by atoms with Crippen LogP contribution in [0, 0.1) is 0 Å². The molecule has 0 aliphatic heterocycles. The summed E-state index contributed by atoms with van der Waals surface area (Å²) in [7, 11) is 0. The molecule has 1 unspecified atom stereocenters. The van der Waals surface area contributed by atoms with Crippen LogP contribution in [0.25, 0.3) is 0 Å². The molecule has 108 valence electrons. The summed E-state index contributed by atoms with van der Waals surface area (Å²) in [6.07, 6.45) is 5.55. The summed E-state index contributed by atoms with van der Waals surface area (Å²) >= 11 is 3.45. The summed E-state index contributed by atoms with van der Waals surface area (Å²) < 4.78 is 2.84. The number of aromatic nitrogens is 4. The van der Waals surface area contributed by atoms with Gasteiger partial charge in [0, 0.05) is 36.5 Å². The van der Waals surface area contributed by atoms with Crippen LogP contribution in [-0.2, 0) is 12.0 Å². The minimum atomic E-state index is -0.0756. The minimum Gasteiger partial charge on any atom is -0.366 e. The van der Waals surface area contributed by atoms with Crippen LogP contribution in [0.1, 0.15) is 33.5 Å². The molecule has 0 aliphatic carbocycles. The first-order chi connectivity index (χ1) is 9.34. The van der Waals surface area contributed by atoms with Gasteiger partial charge in [-0.15, -0.1) is 0 Å². The third kappa shape index (κ3) is 4.03. The van der Waals surface area contributed by atoms with E-state index in [-0.39, 0.29) is 11.5 Å². The SMILES string of the molecule is CC(Cn1ccnc1)Nc1cc(Br)nc(C(C)(C)C)n1. The second-order valence-electron chi connectivity index (χ2n) is 5.95. The summed E-state index contributed by atoms with van der Waals surface area (Å²) in [4.78, 5) is 13.1. The lowest BCUT2D eigenvalue weighted by atomic mass is 9.96. The second kappa shape index (κ2) is 5.91. The van der Waals surface area contributed by atoms with E-state index in [4.69, 9.17) is 0 Å². The Morgan fingerprint density at radius 1 is 1.35 bits per heavy atom. The van der Waals surface area contributed by atoms with Gasteiger partial charge in [0.15, 0.2) is 0 Å². The standard InChI is InChI=1S/C14H20BrN5/c1-10(8-20-6-5-16-9-20)17-12-7-11(15)18-13(19-12)14(2,3)4/h5-7,9-10H,8H2,1-4H3,(H,17,18,19). The monoisotopic (exact) mass is 337 g/mol. The Bertz CT molecular complexity index is 559. The molecule has 2 rings (SSSR count). The number of imidazole rings is 1. The zero-order valence-electron chi connectivity index (χ0n) is 12.3. The van der Waals surface area contributed by atoms with Crippen molar-refractivity contribution in [1.82, 2.24) is 19.5 Å². The lowest BCUT2D eigenvalue weighted by molar-refractivity contribution is 0.542. The van der Waals surface area contributed by atoms with E-state index in [2.05, 4.69) is 63.9 Å². The summed E-state index contributed by atoms with van der Waals surface area (Å²) in [6.45, 7) is 9.27. The number of hydrogen-bond acceptors (Lipinski definition) is 4. The number of nitrogens with one attached hydrogen (secondary N) is 1. The van der Waals surface area contributed by atoms with E-state index in [0.29, 0.717) is 0 Å². The Kier molecular flexibility index (Phi) is 4.42. The van der Waals surface area contributed by atoms with Crippen molar-refractivity contribution in [2.24, 2.45) is 0 Å². The highest BCUT2D eigenvalue weighted by atomic mass is 79.9. The Morgan fingerprint density at radius 2 is 2.10 bits per heavy atom. The van der Waals surface area contributed by atoms with Gasteiger partial charge in [-0.1, -0.05) is 20.8 Å². The fourth-order valence-corrected chi connectivity index (χ4v) is 2.22. The second-order valence-corrected chi connectivity index (χ2v) is 6.77. The van der Waals surface area contributed by atoms with E-state index >= 15 is 0 Å². The first kappa shape index (κ1) is 15.0. The van der Waals surface area contributed by atoms with Gasteiger partial charge in [-0.05, 0) is 22.9 Å². The molecule has 2 heterocycles. The topological polar surface area (TPSA) is 55.6 Å². The van der Waals surface area contributed by atoms with Gasteiger partial charge in [-0.2, -0.15) is 0 Å². The van der Waals surface area contributed by atoms with Crippen LogP contribution < -0.4 is 5.32 Å². The fourth-order valence-electron chi connectivity index (χ4n) is 1.84. The first-order valence-electron chi connectivity index (χ1n) is 6.62. The maximum atomic E-state index is 4.60. The molecule has 0 radical (unpaired) electrons. The van der Waals surface area contributed by atoms with Gasteiger partial charge in [0.2, 0.25) is 0 Å². The molecular weight excluding hydrogens is 318 g/mol. The zero-order chi connectivity index (χ0) is 14.8. The fraction of sp³-hybridized carbons (Fsp3) is 0.500. The Hall–Kier alpha value is -1.43. The van der Waals surface area contributed by atoms with Crippen molar-refractivity contribution in [1.29, 1.82) is 0 Å². The molecule has 20 heavy (non-hydrogen) atoms. The third-order valence-electron chi connectivity index (χ3n) is 2.80. The molecule has 5 nitrogen and oxygen atoms in total. The van der Waals surface area contributed by atoms with Gasteiger partial charge < -0.3 is 9.88 Å². The molecule has 6 heteroatoms. The Morgan fingerprint density at radius 3 is 2.70 bits per heavy atom. The molecule has 0 bridgehead atoms. The normalized spacial score (nSPS) is 13.2. The van der Waals surface area contributed by atoms with Crippen molar-refractivity contribution in [3.63, 3.8) is 0 Å². The number of halogens is 1. The molecule has 0 aromatic carbocycles. The molecule has 0 amide bonds. The summed E-state index contributed by atoms with van der Waals surface area (Å²) in [5, 5.41) is 3.40. The van der Waals surface area contributed by atoms with Gasteiger partial charge in [-0.25, -0.2) is 15.0 Å². The van der Waals surface area contributed by atoms with Crippen LogP contribution in [0.3, 0.4) is 0 Å². The zero-order valence-corrected chi connectivity index (χ0v) is 13.8. The van der Waals surface area contributed by atoms with Crippen LogP contribution in [0.5, 0.6) is 0 Å². The number of hydrogen-bond donors (Lipinski definition) is 1. The molecular formula is C14H20BrN5. The van der Waals surface area contributed by atoms with Crippen molar-refractivity contribution < 1.29 is 0 Å². The van der Waals surface area contributed by atoms with Gasteiger partial charge in [0.05, 0.1) is 6.33 Å². The molecule has 0 saturated heterocycles. The molecule has 0 spiro atoms. The van der Waals surface area contributed by atoms with Crippen LogP contribution in [-0.4, -0.2) is 25.6 Å². The maximum absolute atomic E-state index is 4.60. The number of nitrogens with zero attached hydrogens (tertiary/aromatic N) is 4. The van der Waals surface area contributed by atoms with Gasteiger partial charge in [0.1, 0.15) is 16.2 Å². The van der Waals surface area contributed by atoms with E-state index in [1.807, 2.05) is 23.2 Å². The van der Waals surface area contributed by atoms with Crippen molar-refractivity contribution >= 4 is 21.7 Å². The first-order valence-corrected chi connectivity index (χ1v) is 7.41. The molecule has 1 N–H and O–H groups in total. The van der Waals surface area contributed by atoms with Crippen molar-refractivity contribution in [2.75, 3.05) is 5.32 Å². The molecule has 0 aliphatic rings. The number of anilines is 1. The van der Waals surface area contributed by atoms with Crippen LogP contribution in [0.4, 0.5) is 5.82 Å². The smallest absolute Gasteiger partial charge is 0.137 e. The average molecular weight is 338 g/mol. The predicted molar refractivity (Wildman–Crippen MR) is 83.7 cm³/mol.